The van der Waals surface area contributed by atoms with Crippen LogP contribution in [0.25, 0.3) is 17.2 Å². The second-order valence-corrected chi connectivity index (χ2v) is 10.6. The summed E-state index contributed by atoms with van der Waals surface area (Å²) in [6.07, 6.45) is 1.95. The topological polar surface area (TPSA) is 163 Å². The van der Waals surface area contributed by atoms with Gasteiger partial charge in [-0.3, -0.25) is 14.1 Å². The average molecular weight is 571 g/mol. The van der Waals surface area contributed by atoms with Gasteiger partial charge in [-0.1, -0.05) is 19.1 Å². The molecule has 13 nitrogen and oxygen atoms in total. The van der Waals surface area contributed by atoms with Gasteiger partial charge in [0.15, 0.2) is 11.6 Å². The Morgan fingerprint density at radius 1 is 1.00 bits per heavy atom. The van der Waals surface area contributed by atoms with E-state index in [1.165, 1.54) is 38.8 Å². The Kier molecular flexibility index (Phi) is 8.23. The zero-order chi connectivity index (χ0) is 29.0. The van der Waals surface area contributed by atoms with Crippen molar-refractivity contribution >= 4 is 21.9 Å². The van der Waals surface area contributed by atoms with Crippen LogP contribution in [-0.2, 0) is 10.0 Å². The lowest BCUT2D eigenvalue weighted by atomic mass is 10.1. The Labute approximate surface area is 229 Å². The fraction of sp³-hybridized carbons (Fsp3) is 0.280. The third-order valence-corrected chi connectivity index (χ3v) is 8.06. The van der Waals surface area contributed by atoms with E-state index in [9.17, 15) is 17.6 Å². The first kappa shape index (κ1) is 28.4. The average Bonchev–Trinajstić information content (AvgIpc) is 3.37. The molecule has 3 aromatic heterocycles. The molecule has 3 heterocycles. The van der Waals surface area contributed by atoms with Crippen molar-refractivity contribution in [1.29, 1.82) is 0 Å². The molecule has 4 rings (SSSR count). The van der Waals surface area contributed by atoms with Gasteiger partial charge < -0.3 is 14.8 Å². The van der Waals surface area contributed by atoms with Crippen molar-refractivity contribution in [2.24, 2.45) is 0 Å². The molecule has 0 saturated carbocycles. The van der Waals surface area contributed by atoms with Crippen molar-refractivity contribution in [2.45, 2.75) is 25.0 Å². The number of anilines is 1. The molecule has 15 heteroatoms. The minimum atomic E-state index is -4.15. The lowest BCUT2D eigenvalue weighted by Crippen LogP contribution is -2.31. The Morgan fingerprint density at radius 2 is 1.62 bits per heavy atom. The van der Waals surface area contributed by atoms with Crippen LogP contribution in [-0.4, -0.2) is 70.6 Å². The summed E-state index contributed by atoms with van der Waals surface area (Å²) in [6, 6.07) is 9.75. The SMILES string of the molecule is CNC(=O)c1cccc(-c2nnc(NS(=O)(=O)C(C)C(C)c3ncc(F)cn3)n2-c2c(OC)cccc2OC)n1. The molecule has 40 heavy (non-hydrogen) atoms. The highest BCUT2D eigenvalue weighted by Gasteiger charge is 2.32. The molecule has 4 aromatic rings. The van der Waals surface area contributed by atoms with Crippen LogP contribution in [0.4, 0.5) is 10.3 Å². The first-order valence-electron chi connectivity index (χ1n) is 12.0. The van der Waals surface area contributed by atoms with Crippen molar-refractivity contribution in [1.82, 2.24) is 35.0 Å². The molecule has 0 aliphatic heterocycles. The quantitative estimate of drug-likeness (QED) is 0.290. The number of para-hydroxylation sites is 1. The molecule has 0 spiro atoms. The number of ether oxygens (including phenoxy) is 2. The number of hydrogen-bond acceptors (Lipinski definition) is 10. The molecule has 0 aliphatic carbocycles. The molecule has 210 valence electrons. The Balaban J connectivity index is 1.86. The second-order valence-electron chi connectivity index (χ2n) is 8.58. The van der Waals surface area contributed by atoms with Gasteiger partial charge in [-0.2, -0.15) is 0 Å². The largest absolute Gasteiger partial charge is 0.494 e. The standard InChI is InChI=1S/C25H27FN8O5S/c1-14(22-28-12-16(26)13-29-22)15(2)40(36,37)33-25-32-31-23(17-8-6-9-18(30-17)24(35)27-3)34(25)21-19(38-4)10-7-11-20(21)39-5/h6-15H,1-5H3,(H,27,35)(H,32,33). The summed E-state index contributed by atoms with van der Waals surface area (Å²) in [4.78, 5) is 24.5. The number of amides is 1. The van der Waals surface area contributed by atoms with Gasteiger partial charge in [0.2, 0.25) is 16.0 Å². The maximum absolute atomic E-state index is 13.5. The van der Waals surface area contributed by atoms with E-state index in [1.54, 1.807) is 37.3 Å². The van der Waals surface area contributed by atoms with Gasteiger partial charge in [-0.05, 0) is 31.2 Å². The molecule has 0 aliphatic rings. The number of nitrogens with one attached hydrogen (secondary N) is 2. The first-order valence-corrected chi connectivity index (χ1v) is 13.5. The highest BCUT2D eigenvalue weighted by molar-refractivity contribution is 7.93. The molecule has 1 amide bonds. The zero-order valence-corrected chi connectivity index (χ0v) is 23.1. The lowest BCUT2D eigenvalue weighted by Gasteiger charge is -2.21. The van der Waals surface area contributed by atoms with E-state index in [-0.39, 0.29) is 29.0 Å². The summed E-state index contributed by atoms with van der Waals surface area (Å²) in [5.41, 5.74) is 0.637. The van der Waals surface area contributed by atoms with Crippen LogP contribution in [0.1, 0.15) is 36.1 Å². The van der Waals surface area contributed by atoms with Crippen molar-refractivity contribution in [2.75, 3.05) is 26.0 Å². The Hall–Kier alpha value is -4.66. The Bertz CT molecular complexity index is 1610. The van der Waals surface area contributed by atoms with E-state index in [0.717, 1.165) is 12.4 Å². The molecule has 2 atom stereocenters. The van der Waals surface area contributed by atoms with Crippen LogP contribution >= 0.6 is 0 Å². The van der Waals surface area contributed by atoms with Gasteiger partial charge in [0.05, 0.1) is 31.9 Å². The summed E-state index contributed by atoms with van der Waals surface area (Å²) in [6.45, 7) is 3.09. The van der Waals surface area contributed by atoms with Crippen LogP contribution < -0.4 is 19.5 Å². The maximum atomic E-state index is 13.5. The summed E-state index contributed by atoms with van der Waals surface area (Å²) in [5.74, 6) is -1.05. The fourth-order valence-corrected chi connectivity index (χ4v) is 5.08. The van der Waals surface area contributed by atoms with Crippen molar-refractivity contribution in [3.05, 3.63) is 66.1 Å². The van der Waals surface area contributed by atoms with Gasteiger partial charge in [-0.15, -0.1) is 10.2 Å². The fourth-order valence-electron chi connectivity index (χ4n) is 3.85. The van der Waals surface area contributed by atoms with Crippen molar-refractivity contribution < 1.29 is 27.1 Å². The van der Waals surface area contributed by atoms with E-state index in [0.29, 0.717) is 17.2 Å². The molecule has 0 fully saturated rings. The predicted molar refractivity (Wildman–Crippen MR) is 143 cm³/mol. The van der Waals surface area contributed by atoms with E-state index in [1.807, 2.05) is 0 Å². The number of benzene rings is 1. The first-order chi connectivity index (χ1) is 19.1. The molecule has 0 radical (unpaired) electrons. The number of halogens is 1. The predicted octanol–water partition coefficient (Wildman–Crippen LogP) is 2.57. The highest BCUT2D eigenvalue weighted by atomic mass is 32.2. The molecule has 2 N–H and O–H groups in total. The number of sulfonamides is 1. The summed E-state index contributed by atoms with van der Waals surface area (Å²) < 4.78 is 55.4. The smallest absolute Gasteiger partial charge is 0.269 e. The Morgan fingerprint density at radius 3 is 2.23 bits per heavy atom. The monoisotopic (exact) mass is 570 g/mol. The van der Waals surface area contributed by atoms with E-state index in [4.69, 9.17) is 9.47 Å². The number of carbonyl (C=O) groups excluding carboxylic acids is 1. The van der Waals surface area contributed by atoms with Crippen LogP contribution in [0.3, 0.4) is 0 Å². The van der Waals surface area contributed by atoms with Gasteiger partial charge in [0.1, 0.15) is 34.4 Å². The van der Waals surface area contributed by atoms with Gasteiger partial charge >= 0.3 is 0 Å². The number of carbonyl (C=O) groups is 1. The maximum Gasteiger partial charge on any atom is 0.269 e. The van der Waals surface area contributed by atoms with Gasteiger partial charge in [-0.25, -0.2) is 27.8 Å². The van der Waals surface area contributed by atoms with Gasteiger partial charge in [0, 0.05) is 13.0 Å². The lowest BCUT2D eigenvalue weighted by molar-refractivity contribution is 0.0958. The van der Waals surface area contributed by atoms with Crippen LogP contribution in [0.5, 0.6) is 11.5 Å². The van der Waals surface area contributed by atoms with Crippen LogP contribution in [0.2, 0.25) is 0 Å². The number of aromatic nitrogens is 6. The molecular formula is C25H27FN8O5S. The molecule has 2 unspecified atom stereocenters. The summed E-state index contributed by atoms with van der Waals surface area (Å²) in [5, 5.41) is 9.77. The minimum absolute atomic E-state index is 0.105. The number of hydrogen-bond donors (Lipinski definition) is 2. The van der Waals surface area contributed by atoms with Crippen molar-refractivity contribution in [3.8, 4) is 28.7 Å². The normalized spacial score (nSPS) is 12.8. The number of nitrogens with zero attached hydrogens (tertiary/aromatic N) is 6. The third kappa shape index (κ3) is 5.54. The van der Waals surface area contributed by atoms with Gasteiger partial charge in [0.25, 0.3) is 5.91 Å². The second kappa shape index (κ2) is 11.6. The zero-order valence-electron chi connectivity index (χ0n) is 22.3. The number of rotatable bonds is 10. The molecule has 1 aromatic carbocycles. The van der Waals surface area contributed by atoms with E-state index < -0.39 is 32.9 Å². The van der Waals surface area contributed by atoms with Crippen molar-refractivity contribution in [3.63, 3.8) is 0 Å². The van der Waals surface area contributed by atoms with E-state index >= 15 is 0 Å². The van der Waals surface area contributed by atoms with E-state index in [2.05, 4.69) is 35.2 Å². The number of pyridine rings is 1. The highest BCUT2D eigenvalue weighted by Crippen LogP contribution is 2.37. The molecule has 0 saturated heterocycles. The van der Waals surface area contributed by atoms with Crippen LogP contribution in [0.15, 0.2) is 48.8 Å². The number of methoxy groups -OCH3 is 2. The third-order valence-electron chi connectivity index (χ3n) is 6.20. The van der Waals surface area contributed by atoms with Crippen LogP contribution in [0, 0.1) is 5.82 Å². The summed E-state index contributed by atoms with van der Waals surface area (Å²) >= 11 is 0. The molecule has 0 bridgehead atoms. The minimum Gasteiger partial charge on any atom is -0.494 e. The molecular weight excluding hydrogens is 543 g/mol. The summed E-state index contributed by atoms with van der Waals surface area (Å²) in [7, 11) is 0.224.